The number of carbonyl (C=O) groups is 1. The molecule has 0 aromatic rings. The van der Waals surface area contributed by atoms with Gasteiger partial charge in [-0.3, -0.25) is 4.79 Å². The maximum Gasteiger partial charge on any atom is 0.305 e. The van der Waals surface area contributed by atoms with Crippen molar-refractivity contribution in [3.63, 3.8) is 0 Å². The van der Waals surface area contributed by atoms with Gasteiger partial charge in [-0.15, -0.1) is 6.58 Å². The van der Waals surface area contributed by atoms with Crippen LogP contribution in [0.5, 0.6) is 0 Å². The fourth-order valence-corrected chi connectivity index (χ4v) is 4.45. The standard InChI is InChI=1S/C39H76O14/c1-3-5-6-7-8-9-10-11-12-13-39(40)53-38-37-52-36-35-51-34-33-50-32-31-49-30-29-48-28-27-47-26-25-46-24-23-45-22-21-44-20-19-43-18-17-42-16-15-41-14-4-2/h4H,2-3,5-38H2,1H3. The second-order valence-corrected chi connectivity index (χ2v) is 11.9. The SMILES string of the molecule is C=CCOCCOCCOCCOCCOCCOCCOCCOCCOCCOCCOCCOCCOC(=O)CCCCCCCCCCC. The smallest absolute Gasteiger partial charge is 0.305 e. The van der Waals surface area contributed by atoms with Gasteiger partial charge in [0.2, 0.25) is 0 Å². The number of unbranched alkanes of at least 4 members (excludes halogenated alkanes) is 8. The van der Waals surface area contributed by atoms with Crippen molar-refractivity contribution >= 4 is 5.97 Å². The number of hydrogen-bond acceptors (Lipinski definition) is 14. The van der Waals surface area contributed by atoms with Gasteiger partial charge in [-0.2, -0.15) is 0 Å². The van der Waals surface area contributed by atoms with E-state index < -0.39 is 0 Å². The highest BCUT2D eigenvalue weighted by Crippen LogP contribution is 2.10. The lowest BCUT2D eigenvalue weighted by atomic mass is 10.1. The fraction of sp³-hybridized carbons (Fsp3) is 0.923. The van der Waals surface area contributed by atoms with Crippen LogP contribution in [0.3, 0.4) is 0 Å². The highest BCUT2D eigenvalue weighted by atomic mass is 16.6. The summed E-state index contributed by atoms with van der Waals surface area (Å²) < 4.78 is 70.6. The lowest BCUT2D eigenvalue weighted by Gasteiger charge is -2.09. The molecule has 0 saturated heterocycles. The van der Waals surface area contributed by atoms with E-state index in [1.807, 2.05) is 0 Å². The molecule has 14 nitrogen and oxygen atoms in total. The van der Waals surface area contributed by atoms with Crippen LogP contribution < -0.4 is 0 Å². The average molecular weight is 769 g/mol. The Morgan fingerprint density at radius 3 is 0.887 bits per heavy atom. The molecule has 0 aromatic heterocycles. The van der Waals surface area contributed by atoms with Crippen LogP contribution >= 0.6 is 0 Å². The molecule has 0 aliphatic heterocycles. The van der Waals surface area contributed by atoms with E-state index in [0.717, 1.165) is 12.8 Å². The molecule has 0 fully saturated rings. The summed E-state index contributed by atoms with van der Waals surface area (Å²) >= 11 is 0. The number of esters is 1. The van der Waals surface area contributed by atoms with Gasteiger partial charge in [0.25, 0.3) is 0 Å². The molecule has 0 aliphatic carbocycles. The Morgan fingerprint density at radius 1 is 0.358 bits per heavy atom. The molecule has 0 unspecified atom stereocenters. The van der Waals surface area contributed by atoms with Crippen LogP contribution in [0.15, 0.2) is 12.7 Å². The van der Waals surface area contributed by atoms with Crippen LogP contribution in [0, 0.1) is 0 Å². The summed E-state index contributed by atoms with van der Waals surface area (Å²) in [6, 6.07) is 0. The van der Waals surface area contributed by atoms with Gasteiger partial charge in [-0.1, -0.05) is 64.4 Å². The normalized spacial score (nSPS) is 11.4. The summed E-state index contributed by atoms with van der Waals surface area (Å²) in [6.07, 6.45) is 13.3. The van der Waals surface area contributed by atoms with Crippen molar-refractivity contribution < 1.29 is 66.4 Å². The summed E-state index contributed by atoms with van der Waals surface area (Å²) in [5.41, 5.74) is 0. The highest BCUT2D eigenvalue weighted by Gasteiger charge is 2.03. The minimum Gasteiger partial charge on any atom is -0.463 e. The number of ether oxygens (including phenoxy) is 13. The largest absolute Gasteiger partial charge is 0.463 e. The third-order valence-corrected chi connectivity index (χ3v) is 7.30. The van der Waals surface area contributed by atoms with Gasteiger partial charge in [-0.05, 0) is 6.42 Å². The van der Waals surface area contributed by atoms with Crippen LogP contribution in [0.1, 0.15) is 71.1 Å². The summed E-state index contributed by atoms with van der Waals surface area (Å²) in [6.45, 7) is 18.2. The van der Waals surface area contributed by atoms with Crippen molar-refractivity contribution in [2.75, 3.05) is 165 Å². The lowest BCUT2D eigenvalue weighted by molar-refractivity contribution is -0.145. The van der Waals surface area contributed by atoms with E-state index >= 15 is 0 Å². The molecule has 0 radical (unpaired) electrons. The number of carbonyl (C=O) groups excluding carboxylic acids is 1. The summed E-state index contributed by atoms with van der Waals surface area (Å²) in [4.78, 5) is 11.8. The van der Waals surface area contributed by atoms with Gasteiger partial charge in [0, 0.05) is 6.42 Å². The molecule has 0 rings (SSSR count). The van der Waals surface area contributed by atoms with Gasteiger partial charge in [-0.25, -0.2) is 0 Å². The Morgan fingerprint density at radius 2 is 0.604 bits per heavy atom. The highest BCUT2D eigenvalue weighted by molar-refractivity contribution is 5.69. The molecule has 53 heavy (non-hydrogen) atoms. The molecule has 0 N–H and O–H groups in total. The van der Waals surface area contributed by atoms with E-state index in [0.29, 0.717) is 165 Å². The molecule has 316 valence electrons. The molecule has 0 aromatic carbocycles. The number of rotatable bonds is 48. The van der Waals surface area contributed by atoms with E-state index in [-0.39, 0.29) is 12.6 Å². The van der Waals surface area contributed by atoms with Gasteiger partial charge >= 0.3 is 5.97 Å². The first-order valence-electron chi connectivity index (χ1n) is 20.0. The quantitative estimate of drug-likeness (QED) is 0.0475. The molecular weight excluding hydrogens is 692 g/mol. The molecule has 0 atom stereocenters. The van der Waals surface area contributed by atoms with Crippen molar-refractivity contribution in [3.05, 3.63) is 12.7 Å². The first-order chi connectivity index (χ1) is 26.3. The van der Waals surface area contributed by atoms with E-state index in [2.05, 4.69) is 13.5 Å². The Hall–Kier alpha value is -1.27. The molecule has 0 saturated carbocycles. The molecule has 0 heterocycles. The first-order valence-corrected chi connectivity index (χ1v) is 20.0. The Balaban J connectivity index is 3.10. The zero-order valence-electron chi connectivity index (χ0n) is 33.2. The predicted octanol–water partition coefficient (Wildman–Crippen LogP) is 4.84. The molecule has 0 aliphatic rings. The van der Waals surface area contributed by atoms with Crippen molar-refractivity contribution in [1.29, 1.82) is 0 Å². The number of hydrogen-bond donors (Lipinski definition) is 0. The van der Waals surface area contributed by atoms with Crippen LogP contribution in [0.25, 0.3) is 0 Å². The third-order valence-electron chi connectivity index (χ3n) is 7.30. The minimum absolute atomic E-state index is 0.138. The second-order valence-electron chi connectivity index (χ2n) is 11.9. The van der Waals surface area contributed by atoms with Crippen LogP contribution in [-0.4, -0.2) is 171 Å². The zero-order chi connectivity index (χ0) is 38.2. The first kappa shape index (κ1) is 51.7. The van der Waals surface area contributed by atoms with E-state index in [1.54, 1.807) is 6.08 Å². The van der Waals surface area contributed by atoms with Gasteiger partial charge < -0.3 is 61.6 Å². The van der Waals surface area contributed by atoms with Gasteiger partial charge in [0.15, 0.2) is 0 Å². The predicted molar refractivity (Wildman–Crippen MR) is 203 cm³/mol. The zero-order valence-corrected chi connectivity index (χ0v) is 33.2. The fourth-order valence-electron chi connectivity index (χ4n) is 4.45. The van der Waals surface area contributed by atoms with Crippen LogP contribution in [0.4, 0.5) is 0 Å². The molecule has 0 bridgehead atoms. The van der Waals surface area contributed by atoms with E-state index in [1.165, 1.54) is 44.9 Å². The molecule has 0 amide bonds. The van der Waals surface area contributed by atoms with E-state index in [9.17, 15) is 4.79 Å². The Labute approximate surface area is 321 Å². The van der Waals surface area contributed by atoms with Crippen molar-refractivity contribution in [1.82, 2.24) is 0 Å². The van der Waals surface area contributed by atoms with Crippen molar-refractivity contribution in [2.45, 2.75) is 71.1 Å². The molecule has 0 spiro atoms. The van der Waals surface area contributed by atoms with Crippen LogP contribution in [0.2, 0.25) is 0 Å². The average Bonchev–Trinajstić information content (AvgIpc) is 3.16. The lowest BCUT2D eigenvalue weighted by Crippen LogP contribution is -2.15. The van der Waals surface area contributed by atoms with Gasteiger partial charge in [0.05, 0.1) is 159 Å². The third kappa shape index (κ3) is 48.7. The summed E-state index contributed by atoms with van der Waals surface area (Å²) in [5.74, 6) is -0.138. The summed E-state index contributed by atoms with van der Waals surface area (Å²) in [7, 11) is 0. The van der Waals surface area contributed by atoms with Crippen molar-refractivity contribution in [3.8, 4) is 0 Å². The Kier molecular flexibility index (Phi) is 47.6. The topological polar surface area (TPSA) is 137 Å². The monoisotopic (exact) mass is 769 g/mol. The molecule has 14 heteroatoms. The van der Waals surface area contributed by atoms with Gasteiger partial charge in [0.1, 0.15) is 6.61 Å². The van der Waals surface area contributed by atoms with Crippen molar-refractivity contribution in [2.24, 2.45) is 0 Å². The van der Waals surface area contributed by atoms with E-state index in [4.69, 9.17) is 61.6 Å². The maximum absolute atomic E-state index is 11.8. The second kappa shape index (κ2) is 48.7. The minimum atomic E-state index is -0.138. The summed E-state index contributed by atoms with van der Waals surface area (Å²) in [5, 5.41) is 0. The van der Waals surface area contributed by atoms with Crippen LogP contribution in [-0.2, 0) is 66.4 Å². The Bertz CT molecular complexity index is 703. The maximum atomic E-state index is 11.8. The molecular formula is C39H76O14.